The van der Waals surface area contributed by atoms with Crippen LogP contribution >= 0.6 is 11.6 Å². The summed E-state index contributed by atoms with van der Waals surface area (Å²) in [5.41, 5.74) is 3.00. The van der Waals surface area contributed by atoms with Crippen LogP contribution in [0.25, 0.3) is 0 Å². The van der Waals surface area contributed by atoms with Gasteiger partial charge in [-0.25, -0.2) is 4.39 Å². The van der Waals surface area contributed by atoms with Gasteiger partial charge in [0.1, 0.15) is 5.82 Å². The monoisotopic (exact) mass is 425 g/mol. The Morgan fingerprint density at radius 1 is 0.933 bits per heavy atom. The summed E-state index contributed by atoms with van der Waals surface area (Å²) in [5.74, 6) is -0.537. The lowest BCUT2D eigenvalue weighted by Gasteiger charge is -2.23. The van der Waals surface area contributed by atoms with Crippen molar-refractivity contribution in [2.24, 2.45) is 0 Å². The number of carbonyl (C=O) groups excluding carboxylic acids is 1. The maximum absolute atomic E-state index is 13.4. The van der Waals surface area contributed by atoms with Crippen LogP contribution < -0.4 is 4.90 Å². The minimum absolute atomic E-state index is 0.189. The molecule has 0 atom stereocenters. The first-order valence-electron chi connectivity index (χ1n) is 9.99. The molecule has 2 aromatic carbocycles. The van der Waals surface area contributed by atoms with Crippen molar-refractivity contribution in [3.63, 3.8) is 0 Å². The van der Waals surface area contributed by atoms with Gasteiger partial charge in [-0.3, -0.25) is 14.7 Å². The maximum Gasteiger partial charge on any atom is 0.258 e. The van der Waals surface area contributed by atoms with E-state index < -0.39 is 0 Å². The second-order valence-electron chi connectivity index (χ2n) is 6.99. The summed E-state index contributed by atoms with van der Waals surface area (Å²) in [5, 5.41) is 0.563. The summed E-state index contributed by atoms with van der Waals surface area (Å²) < 4.78 is 13.4. The normalized spacial score (nSPS) is 11.0. The van der Waals surface area contributed by atoms with Crippen LogP contribution in [0, 0.1) is 5.82 Å². The van der Waals surface area contributed by atoms with E-state index in [1.807, 2.05) is 12.1 Å². The first-order valence-corrected chi connectivity index (χ1v) is 10.4. The molecular weight excluding hydrogens is 401 g/mol. The van der Waals surface area contributed by atoms with Gasteiger partial charge >= 0.3 is 0 Å². The number of hydrogen-bond acceptors (Lipinski definition) is 3. The minimum atomic E-state index is -0.347. The second kappa shape index (κ2) is 10.3. The Morgan fingerprint density at radius 3 is 2.17 bits per heavy atom. The van der Waals surface area contributed by atoms with E-state index in [-0.39, 0.29) is 11.7 Å². The fourth-order valence-electron chi connectivity index (χ4n) is 3.15. The fraction of sp³-hybridized carbons (Fsp3) is 0.250. The van der Waals surface area contributed by atoms with Gasteiger partial charge in [-0.1, -0.05) is 31.5 Å². The zero-order chi connectivity index (χ0) is 21.5. The van der Waals surface area contributed by atoms with Crippen molar-refractivity contribution in [2.45, 2.75) is 26.9 Å². The summed E-state index contributed by atoms with van der Waals surface area (Å²) in [6.07, 6.45) is 1.80. The molecule has 4 nitrogen and oxygen atoms in total. The Hall–Kier alpha value is -2.76. The molecule has 3 aromatic rings. The summed E-state index contributed by atoms with van der Waals surface area (Å²) in [6.45, 7) is 7.30. The lowest BCUT2D eigenvalue weighted by Crippen LogP contribution is -2.30. The lowest BCUT2D eigenvalue weighted by atomic mass is 10.1. The highest BCUT2D eigenvalue weighted by Crippen LogP contribution is 2.22. The van der Waals surface area contributed by atoms with Crippen molar-refractivity contribution in [2.75, 3.05) is 18.0 Å². The van der Waals surface area contributed by atoms with Crippen LogP contribution in [0.4, 0.5) is 10.1 Å². The number of pyridine rings is 1. The highest BCUT2D eigenvalue weighted by Gasteiger charge is 2.19. The molecule has 0 saturated heterocycles. The van der Waals surface area contributed by atoms with Crippen molar-refractivity contribution in [1.82, 2.24) is 9.88 Å². The summed E-state index contributed by atoms with van der Waals surface area (Å²) in [6, 6.07) is 16.6. The molecule has 0 unspecified atom stereocenters. The summed E-state index contributed by atoms with van der Waals surface area (Å²) in [7, 11) is 0. The van der Waals surface area contributed by atoms with E-state index in [0.717, 1.165) is 30.9 Å². The third-order valence-electron chi connectivity index (χ3n) is 4.98. The third-order valence-corrected chi connectivity index (χ3v) is 5.23. The van der Waals surface area contributed by atoms with E-state index in [1.165, 1.54) is 12.1 Å². The van der Waals surface area contributed by atoms with Gasteiger partial charge in [-0.2, -0.15) is 0 Å². The summed E-state index contributed by atoms with van der Waals surface area (Å²) >= 11 is 5.95. The van der Waals surface area contributed by atoms with Gasteiger partial charge in [0, 0.05) is 29.0 Å². The predicted molar refractivity (Wildman–Crippen MR) is 119 cm³/mol. The van der Waals surface area contributed by atoms with Gasteiger partial charge in [-0.15, -0.1) is 0 Å². The molecule has 0 fully saturated rings. The zero-order valence-corrected chi connectivity index (χ0v) is 17.9. The molecule has 0 spiro atoms. The van der Waals surface area contributed by atoms with Crippen molar-refractivity contribution in [3.05, 3.63) is 94.5 Å². The van der Waals surface area contributed by atoms with Gasteiger partial charge in [-0.05, 0) is 73.3 Å². The Balaban J connectivity index is 1.84. The highest BCUT2D eigenvalue weighted by atomic mass is 35.5. The van der Waals surface area contributed by atoms with Crippen LogP contribution in [-0.4, -0.2) is 28.9 Å². The quantitative estimate of drug-likeness (QED) is 0.474. The smallest absolute Gasteiger partial charge is 0.258 e. The number of aromatic nitrogens is 1. The molecule has 30 heavy (non-hydrogen) atoms. The van der Waals surface area contributed by atoms with Gasteiger partial charge in [0.2, 0.25) is 0 Å². The van der Waals surface area contributed by atoms with E-state index in [9.17, 15) is 9.18 Å². The predicted octanol–water partition coefficient (Wildman–Crippen LogP) is 5.56. The molecule has 156 valence electrons. The van der Waals surface area contributed by atoms with Crippen LogP contribution in [0.5, 0.6) is 0 Å². The molecular formula is C24H25ClFN3O. The van der Waals surface area contributed by atoms with Crippen LogP contribution in [0.3, 0.4) is 0 Å². The van der Waals surface area contributed by atoms with Crippen molar-refractivity contribution >= 4 is 23.2 Å². The third kappa shape index (κ3) is 5.65. The van der Waals surface area contributed by atoms with Crippen molar-refractivity contribution < 1.29 is 9.18 Å². The van der Waals surface area contributed by atoms with Crippen molar-refractivity contribution in [3.8, 4) is 0 Å². The number of benzene rings is 2. The Bertz CT molecular complexity index is 955. The summed E-state index contributed by atoms with van der Waals surface area (Å²) in [4.78, 5) is 21.7. The Kier molecular flexibility index (Phi) is 7.55. The molecule has 3 rings (SSSR count). The Labute approximate surface area is 181 Å². The average molecular weight is 426 g/mol. The molecule has 1 heterocycles. The van der Waals surface area contributed by atoms with E-state index >= 15 is 0 Å². The highest BCUT2D eigenvalue weighted by molar-refractivity contribution is 6.30. The molecule has 0 aliphatic heterocycles. The van der Waals surface area contributed by atoms with Gasteiger partial charge in [0.05, 0.1) is 12.2 Å². The van der Waals surface area contributed by atoms with E-state index in [0.29, 0.717) is 22.8 Å². The van der Waals surface area contributed by atoms with Crippen molar-refractivity contribution in [1.29, 1.82) is 0 Å². The largest absolute Gasteiger partial charge is 0.304 e. The number of halogens is 2. The topological polar surface area (TPSA) is 36.4 Å². The molecule has 6 heteroatoms. The first kappa shape index (κ1) is 21.9. The SMILES string of the molecule is CCN(CC)Cc1ccc(CN(C(=O)c2ccc(Cl)cc2)c2ccc(F)cc2)cn1. The van der Waals surface area contributed by atoms with E-state index in [1.54, 1.807) is 47.5 Å². The molecule has 0 saturated carbocycles. The van der Waals surface area contributed by atoms with E-state index in [4.69, 9.17) is 11.6 Å². The zero-order valence-electron chi connectivity index (χ0n) is 17.2. The molecule has 1 amide bonds. The van der Waals surface area contributed by atoms with Gasteiger partial charge in [0.15, 0.2) is 0 Å². The van der Waals surface area contributed by atoms with Gasteiger partial charge in [0.25, 0.3) is 5.91 Å². The van der Waals surface area contributed by atoms with Crippen LogP contribution in [0.2, 0.25) is 5.02 Å². The molecule has 0 N–H and O–H groups in total. The van der Waals surface area contributed by atoms with Crippen LogP contribution in [0.1, 0.15) is 35.5 Å². The molecule has 0 radical (unpaired) electrons. The number of anilines is 1. The molecule has 0 bridgehead atoms. The number of nitrogens with zero attached hydrogens (tertiary/aromatic N) is 3. The van der Waals surface area contributed by atoms with Gasteiger partial charge < -0.3 is 4.90 Å². The Morgan fingerprint density at radius 2 is 1.60 bits per heavy atom. The van der Waals surface area contributed by atoms with E-state index in [2.05, 4.69) is 23.7 Å². The fourth-order valence-corrected chi connectivity index (χ4v) is 3.28. The second-order valence-corrected chi connectivity index (χ2v) is 7.43. The number of amides is 1. The number of carbonyl (C=O) groups is 1. The van der Waals surface area contributed by atoms with Crippen LogP contribution in [0.15, 0.2) is 66.9 Å². The number of hydrogen-bond donors (Lipinski definition) is 0. The lowest BCUT2D eigenvalue weighted by molar-refractivity contribution is 0.0985. The van der Waals surface area contributed by atoms with Crippen LogP contribution in [-0.2, 0) is 13.1 Å². The molecule has 0 aliphatic carbocycles. The average Bonchev–Trinajstić information content (AvgIpc) is 2.77. The number of rotatable bonds is 8. The standard InChI is InChI=1S/C24H25ClFN3O/c1-3-28(4-2)17-22-12-5-18(15-27-22)16-29(23-13-10-21(26)11-14-23)24(30)19-6-8-20(25)9-7-19/h5-15H,3-4,16-17H2,1-2H3. The molecule has 1 aromatic heterocycles. The minimum Gasteiger partial charge on any atom is -0.304 e. The molecule has 0 aliphatic rings. The first-order chi connectivity index (χ1) is 14.5. The maximum atomic E-state index is 13.4.